The molecule has 0 spiro atoms. The van der Waals surface area contributed by atoms with Crippen LogP contribution in [-0.4, -0.2) is 102 Å². The third-order valence-electron chi connectivity index (χ3n) is 8.80. The Morgan fingerprint density at radius 1 is 0.957 bits per heavy atom. The average Bonchev–Trinajstić information content (AvgIpc) is 3.70. The van der Waals surface area contributed by atoms with E-state index in [4.69, 9.17) is 38.0 Å². The van der Waals surface area contributed by atoms with Gasteiger partial charge < -0.3 is 14.7 Å². The number of aliphatic carboxylic acids is 1. The summed E-state index contributed by atoms with van der Waals surface area (Å²) in [5.74, 6) is 1.40. The smallest absolute Gasteiger partial charge is 0.304 e. The number of fused-ring (bicyclic) bond motifs is 1. The molecule has 4 heterocycles. The highest BCUT2D eigenvalue weighted by molar-refractivity contribution is 7.88. The molecule has 2 saturated heterocycles. The standard InChI is InChI=1S/C31H37Cl2N7O5S/c1-46(43,44)37-30-25-2-5-39(6-3-26(25)30)19-20-12-27(21-14-22(32)16-23(33)15-21)36-28(13-20)45-24-17-34-31(35-18-24)40-10-8-38(9-11-40)7-4-29(41)42/h12-18,25-26,30,37H,2-11,19H2,1H3,(H,41,42)/t25-,26+,30+. The topological polar surface area (TPSA) is 141 Å². The van der Waals surface area contributed by atoms with E-state index in [1.165, 1.54) is 6.26 Å². The number of sulfonamides is 1. The van der Waals surface area contributed by atoms with Crippen molar-refractivity contribution in [1.82, 2.24) is 29.5 Å². The number of ether oxygens (including phenoxy) is 1. The summed E-state index contributed by atoms with van der Waals surface area (Å²) in [7, 11) is -3.21. The molecule has 0 bridgehead atoms. The first-order valence-electron chi connectivity index (χ1n) is 15.4. The predicted octanol–water partition coefficient (Wildman–Crippen LogP) is 3.99. The van der Waals surface area contributed by atoms with E-state index in [1.54, 1.807) is 18.5 Å². The number of hydrogen-bond donors (Lipinski definition) is 2. The van der Waals surface area contributed by atoms with E-state index in [9.17, 15) is 13.2 Å². The van der Waals surface area contributed by atoms with E-state index in [0.717, 1.165) is 50.1 Å². The second-order valence-corrected chi connectivity index (χ2v) is 14.9. The summed E-state index contributed by atoms with van der Waals surface area (Å²) in [6, 6.07) is 9.30. The third-order valence-corrected chi connectivity index (χ3v) is 9.94. The Balaban J connectivity index is 1.14. The highest BCUT2D eigenvalue weighted by Gasteiger charge is 2.51. The van der Waals surface area contributed by atoms with Crippen molar-refractivity contribution in [3.8, 4) is 22.9 Å². The van der Waals surface area contributed by atoms with Gasteiger partial charge in [-0.2, -0.15) is 0 Å². The number of nitrogens with zero attached hydrogens (tertiary/aromatic N) is 6. The molecule has 3 fully saturated rings. The normalized spacial score (nSPS) is 22.2. The number of halogens is 2. The summed E-state index contributed by atoms with van der Waals surface area (Å²) < 4.78 is 32.4. The molecule has 2 aromatic heterocycles. The Kier molecular flexibility index (Phi) is 9.97. The van der Waals surface area contributed by atoms with Crippen LogP contribution in [0.1, 0.15) is 24.8 Å². The van der Waals surface area contributed by atoms with E-state index in [2.05, 4.69) is 29.4 Å². The maximum Gasteiger partial charge on any atom is 0.304 e. The lowest BCUT2D eigenvalue weighted by Gasteiger charge is -2.34. The number of nitrogens with one attached hydrogen (secondary N) is 1. The first kappa shape index (κ1) is 32.9. The molecule has 2 aliphatic heterocycles. The number of anilines is 1. The zero-order chi connectivity index (χ0) is 32.4. The van der Waals surface area contributed by atoms with Gasteiger partial charge in [0.05, 0.1) is 30.8 Å². The number of carbonyl (C=O) groups is 1. The van der Waals surface area contributed by atoms with Gasteiger partial charge in [0.2, 0.25) is 21.9 Å². The van der Waals surface area contributed by atoms with Crippen molar-refractivity contribution in [3.05, 3.63) is 58.3 Å². The lowest BCUT2D eigenvalue weighted by molar-refractivity contribution is -0.137. The largest absolute Gasteiger partial charge is 0.481 e. The number of rotatable bonds is 11. The van der Waals surface area contributed by atoms with E-state index < -0.39 is 16.0 Å². The average molecular weight is 691 g/mol. The summed E-state index contributed by atoms with van der Waals surface area (Å²) in [4.78, 5) is 31.3. The molecule has 15 heteroatoms. The Morgan fingerprint density at radius 2 is 1.61 bits per heavy atom. The molecule has 1 saturated carbocycles. The van der Waals surface area contributed by atoms with Crippen LogP contribution >= 0.6 is 23.2 Å². The number of aromatic nitrogens is 3. The van der Waals surface area contributed by atoms with Gasteiger partial charge in [-0.1, -0.05) is 23.2 Å². The van der Waals surface area contributed by atoms with Crippen LogP contribution in [0.15, 0.2) is 42.7 Å². The minimum absolute atomic E-state index is 0.0549. The van der Waals surface area contributed by atoms with E-state index in [0.29, 0.717) is 71.3 Å². The van der Waals surface area contributed by atoms with E-state index >= 15 is 0 Å². The van der Waals surface area contributed by atoms with Crippen molar-refractivity contribution in [2.75, 3.05) is 57.0 Å². The number of benzene rings is 1. The molecule has 6 rings (SSSR count). The Labute approximate surface area is 278 Å². The first-order chi connectivity index (χ1) is 22.0. The third kappa shape index (κ3) is 8.64. The SMILES string of the molecule is CS(=O)(=O)N[C@H]1[C@@H]2CCN(Cc3cc(Oc4cnc(N5CCN(CCC(=O)O)CC5)nc4)nc(-c4cc(Cl)cc(Cl)c4)c3)CC[C@@H]21. The second kappa shape index (κ2) is 14.0. The van der Waals surface area contributed by atoms with Crippen LogP contribution in [-0.2, 0) is 21.4 Å². The molecule has 3 aromatic rings. The van der Waals surface area contributed by atoms with Crippen LogP contribution < -0.4 is 14.4 Å². The summed E-state index contributed by atoms with van der Waals surface area (Å²) >= 11 is 12.7. The van der Waals surface area contributed by atoms with Gasteiger partial charge in [-0.25, -0.2) is 28.1 Å². The van der Waals surface area contributed by atoms with E-state index in [-0.39, 0.29) is 12.5 Å². The van der Waals surface area contributed by atoms with Gasteiger partial charge in [0.15, 0.2) is 5.75 Å². The molecule has 0 radical (unpaired) electrons. The van der Waals surface area contributed by atoms with Gasteiger partial charge in [-0.3, -0.25) is 14.6 Å². The molecule has 3 atom stereocenters. The maximum atomic E-state index is 11.7. The van der Waals surface area contributed by atoms with Crippen LogP contribution in [0.4, 0.5) is 5.95 Å². The van der Waals surface area contributed by atoms with E-state index in [1.807, 2.05) is 24.3 Å². The van der Waals surface area contributed by atoms with Gasteiger partial charge in [0, 0.05) is 67.0 Å². The Morgan fingerprint density at radius 3 is 2.22 bits per heavy atom. The molecular weight excluding hydrogens is 653 g/mol. The lowest BCUT2D eigenvalue weighted by atomic mass is 10.1. The summed E-state index contributed by atoms with van der Waals surface area (Å²) in [6.07, 6.45) is 6.49. The fraction of sp³-hybridized carbons (Fsp3) is 0.484. The first-order valence-corrected chi connectivity index (χ1v) is 18.0. The second-order valence-electron chi connectivity index (χ2n) is 12.2. The van der Waals surface area contributed by atoms with Gasteiger partial charge >= 0.3 is 5.97 Å². The fourth-order valence-electron chi connectivity index (χ4n) is 6.47. The molecule has 46 heavy (non-hydrogen) atoms. The van der Waals surface area contributed by atoms with Crippen LogP contribution in [0.2, 0.25) is 10.0 Å². The minimum Gasteiger partial charge on any atom is -0.481 e. The van der Waals surface area contributed by atoms with Crippen LogP contribution in [0.25, 0.3) is 11.3 Å². The number of carboxylic acid groups (broad SMARTS) is 1. The van der Waals surface area contributed by atoms with Crippen molar-refractivity contribution >= 4 is 45.1 Å². The zero-order valence-electron chi connectivity index (χ0n) is 25.5. The minimum atomic E-state index is -3.21. The fourth-order valence-corrected chi connectivity index (χ4v) is 7.84. The predicted molar refractivity (Wildman–Crippen MR) is 176 cm³/mol. The monoisotopic (exact) mass is 689 g/mol. The molecule has 246 valence electrons. The number of hydrogen-bond acceptors (Lipinski definition) is 10. The number of carboxylic acids is 1. The molecule has 0 amide bonds. The zero-order valence-corrected chi connectivity index (χ0v) is 27.8. The summed E-state index contributed by atoms with van der Waals surface area (Å²) in [5.41, 5.74) is 2.45. The Hall–Kier alpha value is -3.07. The van der Waals surface area contributed by atoms with Gasteiger partial charge in [0.1, 0.15) is 0 Å². The van der Waals surface area contributed by atoms with Crippen molar-refractivity contribution in [3.63, 3.8) is 0 Å². The molecular formula is C31H37Cl2N7O5S. The quantitative estimate of drug-likeness (QED) is 0.302. The van der Waals surface area contributed by atoms with Crippen LogP contribution in [0.5, 0.6) is 11.6 Å². The van der Waals surface area contributed by atoms with Gasteiger partial charge in [0.25, 0.3) is 0 Å². The molecule has 3 aliphatic rings. The summed E-state index contributed by atoms with van der Waals surface area (Å²) in [5, 5.41) is 9.96. The Bertz CT molecular complexity index is 1640. The van der Waals surface area contributed by atoms with Crippen LogP contribution in [0.3, 0.4) is 0 Å². The highest BCUT2D eigenvalue weighted by atomic mass is 35.5. The van der Waals surface area contributed by atoms with Crippen molar-refractivity contribution < 1.29 is 23.1 Å². The van der Waals surface area contributed by atoms with Crippen molar-refractivity contribution in [1.29, 1.82) is 0 Å². The highest BCUT2D eigenvalue weighted by Crippen LogP contribution is 2.46. The molecule has 1 aromatic carbocycles. The number of likely N-dealkylation sites (tertiary alicyclic amines) is 1. The lowest BCUT2D eigenvalue weighted by Crippen LogP contribution is -2.47. The van der Waals surface area contributed by atoms with Crippen molar-refractivity contribution in [2.45, 2.75) is 31.8 Å². The molecule has 1 aliphatic carbocycles. The molecule has 0 unspecified atom stereocenters. The molecule has 12 nitrogen and oxygen atoms in total. The number of pyridine rings is 1. The maximum absolute atomic E-state index is 11.7. The van der Waals surface area contributed by atoms with Gasteiger partial charge in [-0.15, -0.1) is 0 Å². The molecule has 2 N–H and O–H groups in total. The van der Waals surface area contributed by atoms with Crippen molar-refractivity contribution in [2.24, 2.45) is 11.8 Å². The van der Waals surface area contributed by atoms with Crippen LogP contribution in [0, 0.1) is 11.8 Å². The number of piperazine rings is 1. The van der Waals surface area contributed by atoms with Gasteiger partial charge in [-0.05, 0) is 67.6 Å². The summed E-state index contributed by atoms with van der Waals surface area (Å²) in [6.45, 7) is 5.86.